The van der Waals surface area contributed by atoms with Gasteiger partial charge in [-0.05, 0) is 54.4 Å². The van der Waals surface area contributed by atoms with E-state index in [1.807, 2.05) is 37.3 Å². The summed E-state index contributed by atoms with van der Waals surface area (Å²) in [5.74, 6) is -1.75. The maximum absolute atomic E-state index is 14.2. The lowest BCUT2D eigenvalue weighted by molar-refractivity contribution is -0.119. The molecule has 0 aliphatic carbocycles. The van der Waals surface area contributed by atoms with E-state index in [1.54, 1.807) is 23.1 Å². The van der Waals surface area contributed by atoms with Crippen molar-refractivity contribution in [3.8, 4) is 0 Å². The van der Waals surface area contributed by atoms with Gasteiger partial charge in [0.25, 0.3) is 0 Å². The zero-order valence-corrected chi connectivity index (χ0v) is 17.3. The summed E-state index contributed by atoms with van der Waals surface area (Å²) in [5.41, 5.74) is 9.99. The Hall–Kier alpha value is -3.55. The highest BCUT2D eigenvalue weighted by Gasteiger charge is 2.56. The number of fused-ring (bicyclic) bond motifs is 1. The third kappa shape index (κ3) is 3.36. The van der Waals surface area contributed by atoms with Crippen molar-refractivity contribution in [3.05, 3.63) is 101 Å². The number of carboxylic acid groups (broad SMARTS) is 1. The van der Waals surface area contributed by atoms with Gasteiger partial charge in [0.15, 0.2) is 0 Å². The molecule has 3 aromatic carbocycles. The molecule has 0 bridgehead atoms. The maximum Gasteiger partial charge on any atom is 0.335 e. The van der Waals surface area contributed by atoms with E-state index in [2.05, 4.69) is 10.9 Å². The maximum atomic E-state index is 14.2. The second-order valence-electron chi connectivity index (χ2n) is 8.29. The number of amides is 1. The van der Waals surface area contributed by atoms with Gasteiger partial charge < -0.3 is 10.0 Å². The molecule has 0 spiro atoms. The van der Waals surface area contributed by atoms with E-state index in [1.165, 1.54) is 24.3 Å². The summed E-state index contributed by atoms with van der Waals surface area (Å²) in [6.45, 7) is 2.02. The van der Waals surface area contributed by atoms with E-state index >= 15 is 0 Å². The minimum Gasteiger partial charge on any atom is -0.478 e. The van der Waals surface area contributed by atoms with Crippen LogP contribution in [0.25, 0.3) is 0 Å². The standard InChI is InChI=1S/C25H22FN3O3/c1-14-5-7-15(8-6-14)21-20-22(28-27-21)24(30)29(19-11-9-16(10-12-19)25(31)32)23(20)17-3-2-4-18(26)13-17/h2-13,20-23,27-28H,1H3,(H,31,32). The lowest BCUT2D eigenvalue weighted by Gasteiger charge is -2.31. The van der Waals surface area contributed by atoms with E-state index in [0.717, 1.165) is 11.1 Å². The van der Waals surface area contributed by atoms with E-state index in [-0.39, 0.29) is 29.2 Å². The molecule has 5 rings (SSSR count). The number of rotatable bonds is 4. The van der Waals surface area contributed by atoms with Gasteiger partial charge in [0.1, 0.15) is 11.9 Å². The number of nitrogens with one attached hydrogen (secondary N) is 2. The van der Waals surface area contributed by atoms with E-state index in [0.29, 0.717) is 11.3 Å². The highest BCUT2D eigenvalue weighted by Crippen LogP contribution is 2.48. The summed E-state index contributed by atoms with van der Waals surface area (Å²) in [6.07, 6.45) is 0. The van der Waals surface area contributed by atoms with Crippen molar-refractivity contribution in [3.63, 3.8) is 0 Å². The minimum atomic E-state index is -1.03. The predicted octanol–water partition coefficient (Wildman–Crippen LogP) is 3.75. The van der Waals surface area contributed by atoms with Gasteiger partial charge in [0.05, 0.1) is 17.6 Å². The number of anilines is 1. The third-order valence-corrected chi connectivity index (χ3v) is 6.33. The van der Waals surface area contributed by atoms with Gasteiger partial charge in [0, 0.05) is 11.6 Å². The molecule has 0 saturated carbocycles. The quantitative estimate of drug-likeness (QED) is 0.586. The lowest BCUT2D eigenvalue weighted by Crippen LogP contribution is -2.41. The summed E-state index contributed by atoms with van der Waals surface area (Å²) in [5, 5.41) is 9.22. The van der Waals surface area contributed by atoms with Crippen LogP contribution in [0.1, 0.15) is 39.1 Å². The molecule has 2 aliphatic rings. The zero-order chi connectivity index (χ0) is 22.4. The van der Waals surface area contributed by atoms with Crippen molar-refractivity contribution in [2.45, 2.75) is 25.0 Å². The van der Waals surface area contributed by atoms with Crippen LogP contribution >= 0.6 is 0 Å². The predicted molar refractivity (Wildman–Crippen MR) is 117 cm³/mol. The normalized spacial score (nSPS) is 24.6. The number of hydrogen-bond donors (Lipinski definition) is 3. The molecule has 7 heteroatoms. The van der Waals surface area contributed by atoms with Crippen molar-refractivity contribution >= 4 is 17.6 Å². The molecule has 2 fully saturated rings. The first-order valence-electron chi connectivity index (χ1n) is 10.4. The Labute approximate surface area is 184 Å². The minimum absolute atomic E-state index is 0.139. The van der Waals surface area contributed by atoms with Crippen molar-refractivity contribution in [2.24, 2.45) is 5.92 Å². The SMILES string of the molecule is Cc1ccc(C2NNC3C(=O)N(c4ccc(C(=O)O)cc4)C(c4cccc(F)c4)C32)cc1. The molecule has 4 unspecified atom stereocenters. The van der Waals surface area contributed by atoms with Gasteiger partial charge in [-0.2, -0.15) is 0 Å². The average Bonchev–Trinajstić information content (AvgIpc) is 3.33. The van der Waals surface area contributed by atoms with Crippen LogP contribution in [0.15, 0.2) is 72.8 Å². The van der Waals surface area contributed by atoms with Crippen LogP contribution in [-0.4, -0.2) is 23.0 Å². The van der Waals surface area contributed by atoms with Crippen molar-refractivity contribution in [1.82, 2.24) is 10.9 Å². The first kappa shape index (κ1) is 20.4. The Kier molecular flexibility index (Phi) is 5.00. The number of halogens is 1. The summed E-state index contributed by atoms with van der Waals surface area (Å²) < 4.78 is 14.2. The molecular weight excluding hydrogens is 409 g/mol. The number of carboxylic acids is 1. The highest BCUT2D eigenvalue weighted by atomic mass is 19.1. The Bertz CT molecular complexity index is 1180. The first-order chi connectivity index (χ1) is 15.4. The van der Waals surface area contributed by atoms with Crippen molar-refractivity contribution in [2.75, 3.05) is 4.90 Å². The number of aromatic carboxylic acids is 1. The summed E-state index contributed by atoms with van der Waals surface area (Å²) in [6, 6.07) is 19.5. The largest absolute Gasteiger partial charge is 0.478 e. The summed E-state index contributed by atoms with van der Waals surface area (Å²) >= 11 is 0. The Morgan fingerprint density at radius 3 is 2.28 bits per heavy atom. The second kappa shape index (κ2) is 7.85. The van der Waals surface area contributed by atoms with Crippen molar-refractivity contribution in [1.29, 1.82) is 0 Å². The first-order valence-corrected chi connectivity index (χ1v) is 10.4. The highest BCUT2D eigenvalue weighted by molar-refractivity contribution is 6.01. The Morgan fingerprint density at radius 2 is 1.62 bits per heavy atom. The van der Waals surface area contributed by atoms with Gasteiger partial charge in [-0.15, -0.1) is 0 Å². The number of nitrogens with zero attached hydrogens (tertiary/aromatic N) is 1. The van der Waals surface area contributed by atoms with E-state index < -0.39 is 18.1 Å². The molecule has 2 aliphatic heterocycles. The Balaban J connectivity index is 1.61. The number of carbonyl (C=O) groups is 2. The zero-order valence-electron chi connectivity index (χ0n) is 17.3. The molecule has 162 valence electrons. The number of aryl methyl sites for hydroxylation is 1. The van der Waals surface area contributed by atoms with Gasteiger partial charge >= 0.3 is 5.97 Å². The molecular formula is C25H22FN3O3. The monoisotopic (exact) mass is 431 g/mol. The fourth-order valence-electron chi connectivity index (χ4n) is 4.81. The van der Waals surface area contributed by atoms with Gasteiger partial charge in [-0.3, -0.25) is 4.79 Å². The number of hydrazine groups is 1. The van der Waals surface area contributed by atoms with Crippen LogP contribution < -0.4 is 15.8 Å². The van der Waals surface area contributed by atoms with Crippen LogP contribution in [0.2, 0.25) is 0 Å². The summed E-state index contributed by atoms with van der Waals surface area (Å²) in [4.78, 5) is 26.4. The van der Waals surface area contributed by atoms with Crippen LogP contribution in [0.5, 0.6) is 0 Å². The molecule has 3 N–H and O–H groups in total. The molecule has 0 aromatic heterocycles. The fraction of sp³-hybridized carbons (Fsp3) is 0.200. The van der Waals surface area contributed by atoms with Crippen molar-refractivity contribution < 1.29 is 19.1 Å². The number of carbonyl (C=O) groups excluding carboxylic acids is 1. The van der Waals surface area contributed by atoms with E-state index in [9.17, 15) is 19.1 Å². The van der Waals surface area contributed by atoms with Gasteiger partial charge in [-0.1, -0.05) is 42.0 Å². The molecule has 2 heterocycles. The van der Waals surface area contributed by atoms with E-state index in [4.69, 9.17) is 0 Å². The molecule has 1 amide bonds. The lowest BCUT2D eigenvalue weighted by atomic mass is 9.83. The van der Waals surface area contributed by atoms with Crippen LogP contribution in [-0.2, 0) is 4.79 Å². The fourth-order valence-corrected chi connectivity index (χ4v) is 4.81. The van der Waals surface area contributed by atoms with Crippen LogP contribution in [0.4, 0.5) is 10.1 Å². The molecule has 6 nitrogen and oxygen atoms in total. The third-order valence-electron chi connectivity index (χ3n) is 6.33. The molecule has 4 atom stereocenters. The molecule has 3 aromatic rings. The number of hydrogen-bond acceptors (Lipinski definition) is 4. The van der Waals surface area contributed by atoms with Gasteiger partial charge in [0.2, 0.25) is 5.91 Å². The smallest absolute Gasteiger partial charge is 0.335 e. The second-order valence-corrected chi connectivity index (χ2v) is 8.29. The molecule has 32 heavy (non-hydrogen) atoms. The van der Waals surface area contributed by atoms with Crippen LogP contribution in [0, 0.1) is 18.7 Å². The van der Waals surface area contributed by atoms with Gasteiger partial charge in [-0.25, -0.2) is 20.0 Å². The molecule has 0 radical (unpaired) electrons. The summed E-state index contributed by atoms with van der Waals surface area (Å²) in [7, 11) is 0. The number of benzene rings is 3. The molecule has 2 saturated heterocycles. The Morgan fingerprint density at radius 1 is 0.938 bits per heavy atom. The van der Waals surface area contributed by atoms with Crippen LogP contribution in [0.3, 0.4) is 0 Å². The topological polar surface area (TPSA) is 81.7 Å². The average molecular weight is 431 g/mol.